The predicted molar refractivity (Wildman–Crippen MR) is 157 cm³/mol. The van der Waals surface area contributed by atoms with Crippen molar-refractivity contribution in [3.05, 3.63) is 88.9 Å². The summed E-state index contributed by atoms with van der Waals surface area (Å²) in [5.74, 6) is -3.06. The number of carbonyl (C=O) groups excluding carboxylic acids is 1. The Morgan fingerprint density at radius 1 is 1.21 bits per heavy atom. The van der Waals surface area contributed by atoms with Crippen LogP contribution in [0.5, 0.6) is 17.2 Å². The lowest BCUT2D eigenvalue weighted by molar-refractivity contribution is -0.107. The summed E-state index contributed by atoms with van der Waals surface area (Å²) in [5.41, 5.74) is 7.60. The van der Waals surface area contributed by atoms with Gasteiger partial charge in [-0.05, 0) is 41.8 Å². The summed E-state index contributed by atoms with van der Waals surface area (Å²) < 4.78 is 56.3. The number of hydrogen-bond acceptors (Lipinski definition) is 7. The molecule has 1 aliphatic rings. The summed E-state index contributed by atoms with van der Waals surface area (Å²) in [7, 11) is 1.00. The fraction of sp³-hybridized carbons (Fsp3) is 0.258. The Bertz CT molecular complexity index is 1670. The van der Waals surface area contributed by atoms with Crippen LogP contribution in [-0.4, -0.2) is 59.5 Å². The van der Waals surface area contributed by atoms with Gasteiger partial charge in [0.25, 0.3) is 0 Å². The Labute approximate surface area is 245 Å². The topological polar surface area (TPSA) is 143 Å². The number of ether oxygens (including phenoxy) is 2. The molecule has 0 aliphatic carbocycles. The maximum absolute atomic E-state index is 15.2. The van der Waals surface area contributed by atoms with Gasteiger partial charge in [0.1, 0.15) is 42.1 Å². The van der Waals surface area contributed by atoms with Crippen molar-refractivity contribution < 1.29 is 37.7 Å². The van der Waals surface area contributed by atoms with Gasteiger partial charge in [0.2, 0.25) is 0 Å². The maximum Gasteiger partial charge on any atom is 0.199 e. The molecule has 3 aromatic carbocycles. The molecule has 0 radical (unpaired) electrons. The molecule has 226 valence electrons. The van der Waals surface area contributed by atoms with E-state index in [1.807, 2.05) is 0 Å². The molecular weight excluding hydrogens is 565 g/mol. The molecule has 1 aliphatic heterocycles. The number of carbonyl (C=O) groups is 1. The summed E-state index contributed by atoms with van der Waals surface area (Å²) in [6.07, 6.45) is 1.74. The highest BCUT2D eigenvalue weighted by atomic mass is 19.1. The van der Waals surface area contributed by atoms with E-state index in [4.69, 9.17) is 20.3 Å². The molecular formula is C31H31F3N4O5. The number of aromatic amines is 1. The number of nitrogens with zero attached hydrogens (tertiary/aromatic N) is 2. The van der Waals surface area contributed by atoms with Gasteiger partial charge in [-0.2, -0.15) is 0 Å². The normalized spacial score (nSPS) is 15.7. The van der Waals surface area contributed by atoms with Crippen molar-refractivity contribution in [3.63, 3.8) is 0 Å². The van der Waals surface area contributed by atoms with E-state index in [2.05, 4.69) is 15.0 Å². The van der Waals surface area contributed by atoms with Crippen LogP contribution in [0.3, 0.4) is 0 Å². The molecule has 9 nitrogen and oxygen atoms in total. The van der Waals surface area contributed by atoms with Crippen LogP contribution in [0.15, 0.2) is 64.7 Å². The van der Waals surface area contributed by atoms with E-state index >= 15 is 8.78 Å². The van der Waals surface area contributed by atoms with E-state index < -0.39 is 35.2 Å². The summed E-state index contributed by atoms with van der Waals surface area (Å²) in [4.78, 5) is 22.4. The Morgan fingerprint density at radius 3 is 2.77 bits per heavy atom. The minimum absolute atomic E-state index is 0.0255. The maximum atomic E-state index is 15.2. The molecule has 0 amide bonds. The zero-order valence-corrected chi connectivity index (χ0v) is 23.5. The molecule has 1 aromatic heterocycles. The van der Waals surface area contributed by atoms with Crippen molar-refractivity contribution >= 4 is 28.9 Å². The number of fused-ring (bicyclic) bond motifs is 2. The van der Waals surface area contributed by atoms with E-state index in [9.17, 15) is 14.3 Å². The Balaban J connectivity index is 0.00000207. The molecule has 43 heavy (non-hydrogen) atoms. The summed E-state index contributed by atoms with van der Waals surface area (Å²) in [5, 5.41) is 17.4. The van der Waals surface area contributed by atoms with E-state index in [0.717, 1.165) is 19.5 Å². The van der Waals surface area contributed by atoms with E-state index in [0.29, 0.717) is 16.7 Å². The molecule has 0 bridgehead atoms. The molecule has 0 saturated carbocycles. The van der Waals surface area contributed by atoms with E-state index in [-0.39, 0.29) is 60.1 Å². The quantitative estimate of drug-likeness (QED) is 0.137. The Morgan fingerprint density at radius 2 is 2.00 bits per heavy atom. The minimum Gasteiger partial charge on any atom is -0.490 e. The summed E-state index contributed by atoms with van der Waals surface area (Å²) in [6.45, 7) is 1.57. The number of aliphatic imine (C=N–C) groups is 2. The SMILES string of the molecule is CC(C(N)=NC1=NCC(O)COc2ccc(Oc3c(F)cc4[nH]ccc4c3F)cc21)c1cccc(CCC=O)c1F.CO. The standard InChI is InChI=1S/C30H27F3N4O4.CH4O/c1-16(20-6-2-4-17(26(20)32)5-3-11-38)29(34)37-30-22-12-19(7-8-25(22)40-15-18(39)14-36-30)41-28-23(31)13-24-21(27(28)33)9-10-35-24;1-2/h2,4,6-13,16,18,35,39H,3,5,14-15H2,1H3,(H2,34,36,37);2H,1H3. The number of halogens is 3. The van der Waals surface area contributed by atoms with Crippen molar-refractivity contribution in [1.29, 1.82) is 0 Å². The van der Waals surface area contributed by atoms with Gasteiger partial charge in [-0.1, -0.05) is 25.1 Å². The highest BCUT2D eigenvalue weighted by molar-refractivity contribution is 6.09. The number of aryl methyl sites for hydroxylation is 1. The first-order chi connectivity index (χ1) is 20.8. The average Bonchev–Trinajstić information content (AvgIpc) is 3.48. The number of benzene rings is 3. The number of hydrogen-bond donors (Lipinski definition) is 4. The van der Waals surface area contributed by atoms with Crippen LogP contribution >= 0.6 is 0 Å². The van der Waals surface area contributed by atoms with Crippen LogP contribution in [0.1, 0.15) is 36.0 Å². The number of rotatable bonds is 7. The molecule has 0 fully saturated rings. The van der Waals surface area contributed by atoms with Crippen LogP contribution in [0.25, 0.3) is 10.9 Å². The molecule has 2 heterocycles. The highest BCUT2D eigenvalue weighted by Gasteiger charge is 2.23. The minimum atomic E-state index is -0.925. The monoisotopic (exact) mass is 596 g/mol. The second-order valence-corrected chi connectivity index (χ2v) is 9.61. The van der Waals surface area contributed by atoms with Crippen LogP contribution in [-0.2, 0) is 11.2 Å². The lowest BCUT2D eigenvalue weighted by Crippen LogP contribution is -2.26. The van der Waals surface area contributed by atoms with Crippen molar-refractivity contribution in [2.45, 2.75) is 31.8 Å². The molecule has 2 atom stereocenters. The lowest BCUT2D eigenvalue weighted by atomic mass is 9.95. The number of nitrogens with two attached hydrogens (primary N) is 1. The zero-order chi connectivity index (χ0) is 31.1. The van der Waals surface area contributed by atoms with Crippen LogP contribution in [0.4, 0.5) is 13.2 Å². The summed E-state index contributed by atoms with van der Waals surface area (Å²) in [6, 6.07) is 11.9. The second kappa shape index (κ2) is 14.0. The Kier molecular flexibility index (Phi) is 10.2. The fourth-order valence-electron chi connectivity index (χ4n) is 4.53. The lowest BCUT2D eigenvalue weighted by Gasteiger charge is -2.20. The highest BCUT2D eigenvalue weighted by Crippen LogP contribution is 2.35. The fourth-order valence-corrected chi connectivity index (χ4v) is 4.53. The van der Waals surface area contributed by atoms with Crippen LogP contribution in [0.2, 0.25) is 0 Å². The first-order valence-corrected chi connectivity index (χ1v) is 13.4. The first-order valence-electron chi connectivity index (χ1n) is 13.4. The van der Waals surface area contributed by atoms with Gasteiger partial charge in [0.15, 0.2) is 23.2 Å². The molecule has 12 heteroatoms. The number of nitrogens with one attached hydrogen (secondary N) is 1. The smallest absolute Gasteiger partial charge is 0.199 e. The number of H-pyrrole nitrogens is 1. The largest absolute Gasteiger partial charge is 0.490 e. The van der Waals surface area contributed by atoms with Gasteiger partial charge in [-0.15, -0.1) is 0 Å². The number of aliphatic hydroxyl groups excluding tert-OH is 2. The van der Waals surface area contributed by atoms with Crippen LogP contribution < -0.4 is 15.2 Å². The van der Waals surface area contributed by atoms with Crippen molar-refractivity contribution in [2.24, 2.45) is 15.7 Å². The third-order valence-electron chi connectivity index (χ3n) is 6.78. The zero-order valence-electron chi connectivity index (χ0n) is 23.5. The van der Waals surface area contributed by atoms with Gasteiger partial charge < -0.3 is 35.2 Å². The van der Waals surface area contributed by atoms with Crippen molar-refractivity contribution in [2.75, 3.05) is 20.3 Å². The molecule has 0 spiro atoms. The average molecular weight is 597 g/mol. The molecule has 4 aromatic rings. The molecule has 0 saturated heterocycles. The predicted octanol–water partition coefficient (Wildman–Crippen LogP) is 4.78. The molecule has 2 unspecified atom stereocenters. The third kappa shape index (κ3) is 6.87. The third-order valence-corrected chi connectivity index (χ3v) is 6.78. The first kappa shape index (κ1) is 31.3. The van der Waals surface area contributed by atoms with Gasteiger partial charge in [-0.25, -0.2) is 18.2 Å². The van der Waals surface area contributed by atoms with E-state index in [1.165, 1.54) is 30.5 Å². The van der Waals surface area contributed by atoms with Gasteiger partial charge in [0, 0.05) is 37.1 Å². The number of aliphatic hydroxyl groups is 2. The summed E-state index contributed by atoms with van der Waals surface area (Å²) >= 11 is 0. The van der Waals surface area contributed by atoms with Crippen LogP contribution in [0, 0.1) is 17.5 Å². The van der Waals surface area contributed by atoms with Gasteiger partial charge in [0.05, 0.1) is 17.6 Å². The number of aldehydes is 1. The van der Waals surface area contributed by atoms with Gasteiger partial charge in [-0.3, -0.25) is 4.99 Å². The van der Waals surface area contributed by atoms with Crippen molar-refractivity contribution in [1.82, 2.24) is 4.98 Å². The number of aromatic nitrogens is 1. The van der Waals surface area contributed by atoms with Gasteiger partial charge >= 0.3 is 0 Å². The Hall–Kier alpha value is -4.68. The molecule has 5 N–H and O–H groups in total. The van der Waals surface area contributed by atoms with E-state index in [1.54, 1.807) is 25.1 Å². The second-order valence-electron chi connectivity index (χ2n) is 9.61. The van der Waals surface area contributed by atoms with Crippen molar-refractivity contribution in [3.8, 4) is 17.2 Å². The number of amidine groups is 2. The molecule has 5 rings (SSSR count).